The lowest BCUT2D eigenvalue weighted by molar-refractivity contribution is -0.143. The van der Waals surface area contributed by atoms with Crippen LogP contribution in [0, 0.1) is 11.8 Å². The highest BCUT2D eigenvalue weighted by atomic mass is 16.4. The first-order chi connectivity index (χ1) is 5.61. The average molecular weight is 171 g/mol. The maximum atomic E-state index is 10.7. The number of carbonyl (C=O) groups is 2. The number of carboxylic acids is 1. The molecule has 12 heavy (non-hydrogen) atoms. The summed E-state index contributed by atoms with van der Waals surface area (Å²) < 4.78 is 0. The molecular formula is C8H13NO3. The van der Waals surface area contributed by atoms with Gasteiger partial charge >= 0.3 is 5.97 Å². The first kappa shape index (κ1) is 9.03. The molecule has 0 aromatic carbocycles. The molecule has 3 N–H and O–H groups in total. The first-order valence-electron chi connectivity index (χ1n) is 4.13. The maximum Gasteiger partial charge on any atom is 0.306 e. The fourth-order valence-corrected chi connectivity index (χ4v) is 1.62. The van der Waals surface area contributed by atoms with Crippen molar-refractivity contribution in [1.82, 2.24) is 0 Å². The van der Waals surface area contributed by atoms with Crippen molar-refractivity contribution in [3.63, 3.8) is 0 Å². The number of hydrogen-bond donors (Lipinski definition) is 2. The second-order valence-electron chi connectivity index (χ2n) is 3.29. The van der Waals surface area contributed by atoms with Gasteiger partial charge in [-0.1, -0.05) is 0 Å². The molecule has 0 aromatic rings. The van der Waals surface area contributed by atoms with Crippen molar-refractivity contribution < 1.29 is 14.7 Å². The summed E-state index contributed by atoms with van der Waals surface area (Å²) in [4.78, 5) is 21.2. The summed E-state index contributed by atoms with van der Waals surface area (Å²) in [6.07, 6.45) is 2.44. The Hall–Kier alpha value is -1.06. The molecule has 1 amide bonds. The molecule has 0 saturated heterocycles. The Kier molecular flexibility index (Phi) is 2.68. The van der Waals surface area contributed by atoms with Gasteiger partial charge in [-0.05, 0) is 25.7 Å². The van der Waals surface area contributed by atoms with E-state index in [9.17, 15) is 9.59 Å². The summed E-state index contributed by atoms with van der Waals surface area (Å²) in [7, 11) is 0. The van der Waals surface area contributed by atoms with E-state index in [2.05, 4.69) is 0 Å². The average Bonchev–Trinajstić information content (AvgIpc) is 2.04. The molecule has 1 fully saturated rings. The topological polar surface area (TPSA) is 80.4 Å². The van der Waals surface area contributed by atoms with Crippen LogP contribution in [-0.2, 0) is 9.59 Å². The SMILES string of the molecule is NC(=O)[C@H]1CC[C@H](C(=O)O)CC1. The third-order valence-electron chi connectivity index (χ3n) is 2.48. The third kappa shape index (κ3) is 1.96. The molecular weight excluding hydrogens is 158 g/mol. The van der Waals surface area contributed by atoms with E-state index in [1.807, 2.05) is 0 Å². The van der Waals surface area contributed by atoms with E-state index in [-0.39, 0.29) is 17.7 Å². The van der Waals surface area contributed by atoms with Crippen LogP contribution in [0.3, 0.4) is 0 Å². The van der Waals surface area contributed by atoms with Crippen LogP contribution in [0.5, 0.6) is 0 Å². The second kappa shape index (κ2) is 3.56. The highest BCUT2D eigenvalue weighted by molar-refractivity contribution is 5.77. The number of carboxylic acid groups (broad SMARTS) is 1. The fraction of sp³-hybridized carbons (Fsp3) is 0.750. The van der Waals surface area contributed by atoms with Gasteiger partial charge in [-0.15, -0.1) is 0 Å². The van der Waals surface area contributed by atoms with E-state index in [0.717, 1.165) is 0 Å². The highest BCUT2D eigenvalue weighted by Gasteiger charge is 2.28. The van der Waals surface area contributed by atoms with Gasteiger partial charge < -0.3 is 10.8 Å². The number of nitrogens with two attached hydrogens (primary N) is 1. The normalized spacial score (nSPS) is 29.7. The van der Waals surface area contributed by atoms with E-state index in [4.69, 9.17) is 10.8 Å². The summed E-state index contributed by atoms with van der Waals surface area (Å²) in [5.41, 5.74) is 5.10. The van der Waals surface area contributed by atoms with E-state index >= 15 is 0 Å². The lowest BCUT2D eigenvalue weighted by Crippen LogP contribution is -2.29. The Balaban J connectivity index is 2.39. The maximum absolute atomic E-state index is 10.7. The fourth-order valence-electron chi connectivity index (χ4n) is 1.62. The van der Waals surface area contributed by atoms with Crippen LogP contribution in [0.4, 0.5) is 0 Å². The minimum Gasteiger partial charge on any atom is -0.481 e. The molecule has 1 rings (SSSR count). The Bertz CT molecular complexity index is 172. The third-order valence-corrected chi connectivity index (χ3v) is 2.48. The van der Waals surface area contributed by atoms with Gasteiger partial charge in [-0.2, -0.15) is 0 Å². The zero-order chi connectivity index (χ0) is 9.14. The summed E-state index contributed by atoms with van der Waals surface area (Å²) in [5, 5.41) is 8.65. The van der Waals surface area contributed by atoms with Crippen LogP contribution >= 0.6 is 0 Å². The van der Waals surface area contributed by atoms with Crippen LogP contribution < -0.4 is 5.73 Å². The van der Waals surface area contributed by atoms with Gasteiger partial charge in [0.05, 0.1) is 5.92 Å². The van der Waals surface area contributed by atoms with E-state index < -0.39 is 5.97 Å². The van der Waals surface area contributed by atoms with Crippen molar-refractivity contribution in [2.45, 2.75) is 25.7 Å². The Morgan fingerprint density at radius 1 is 1.08 bits per heavy atom. The van der Waals surface area contributed by atoms with Crippen molar-refractivity contribution in [2.24, 2.45) is 17.6 Å². The molecule has 0 radical (unpaired) electrons. The van der Waals surface area contributed by atoms with Crippen molar-refractivity contribution in [2.75, 3.05) is 0 Å². The minimum atomic E-state index is -0.752. The number of amides is 1. The summed E-state index contributed by atoms with van der Waals surface area (Å²) in [5.74, 6) is -1.40. The van der Waals surface area contributed by atoms with Crippen molar-refractivity contribution in [1.29, 1.82) is 0 Å². The van der Waals surface area contributed by atoms with Gasteiger partial charge in [0, 0.05) is 5.92 Å². The molecule has 1 saturated carbocycles. The molecule has 0 spiro atoms. The second-order valence-corrected chi connectivity index (χ2v) is 3.29. The van der Waals surface area contributed by atoms with Gasteiger partial charge in [-0.25, -0.2) is 0 Å². The van der Waals surface area contributed by atoms with Crippen LogP contribution in [-0.4, -0.2) is 17.0 Å². The predicted molar refractivity (Wildman–Crippen MR) is 42.3 cm³/mol. The number of aliphatic carboxylic acids is 1. The Morgan fingerprint density at radius 2 is 1.50 bits per heavy atom. The molecule has 0 bridgehead atoms. The van der Waals surface area contributed by atoms with Crippen LogP contribution in [0.15, 0.2) is 0 Å². The van der Waals surface area contributed by atoms with Crippen molar-refractivity contribution >= 4 is 11.9 Å². The quantitative estimate of drug-likeness (QED) is 0.629. The molecule has 1 aliphatic rings. The molecule has 68 valence electrons. The molecule has 0 aliphatic heterocycles. The molecule has 0 atom stereocenters. The number of hydrogen-bond acceptors (Lipinski definition) is 2. The van der Waals surface area contributed by atoms with E-state index in [1.165, 1.54) is 0 Å². The smallest absolute Gasteiger partial charge is 0.306 e. The summed E-state index contributed by atoms with van der Waals surface area (Å²) in [6, 6.07) is 0. The standard InChI is InChI=1S/C8H13NO3/c9-7(10)5-1-3-6(4-2-5)8(11)12/h5-6H,1-4H2,(H2,9,10)(H,11,12)/t5-,6-. The number of rotatable bonds is 2. The summed E-state index contributed by atoms with van der Waals surface area (Å²) >= 11 is 0. The predicted octanol–water partition coefficient (Wildman–Crippen LogP) is 0.363. The largest absolute Gasteiger partial charge is 0.481 e. The molecule has 4 nitrogen and oxygen atoms in total. The van der Waals surface area contributed by atoms with Crippen LogP contribution in [0.25, 0.3) is 0 Å². The Morgan fingerprint density at radius 3 is 1.83 bits per heavy atom. The zero-order valence-corrected chi connectivity index (χ0v) is 6.82. The monoisotopic (exact) mass is 171 g/mol. The zero-order valence-electron chi connectivity index (χ0n) is 6.82. The molecule has 0 aromatic heterocycles. The molecule has 1 aliphatic carbocycles. The van der Waals surface area contributed by atoms with Crippen molar-refractivity contribution in [3.8, 4) is 0 Å². The van der Waals surface area contributed by atoms with Crippen LogP contribution in [0.2, 0.25) is 0 Å². The van der Waals surface area contributed by atoms with E-state index in [1.54, 1.807) is 0 Å². The lowest BCUT2D eigenvalue weighted by atomic mass is 9.82. The van der Waals surface area contributed by atoms with Gasteiger partial charge in [-0.3, -0.25) is 9.59 Å². The van der Waals surface area contributed by atoms with Crippen LogP contribution in [0.1, 0.15) is 25.7 Å². The van der Waals surface area contributed by atoms with E-state index in [0.29, 0.717) is 25.7 Å². The number of primary amides is 1. The molecule has 4 heteroatoms. The van der Waals surface area contributed by atoms with Gasteiger partial charge in [0.1, 0.15) is 0 Å². The summed E-state index contributed by atoms with van der Waals surface area (Å²) in [6.45, 7) is 0. The van der Waals surface area contributed by atoms with Gasteiger partial charge in [0.2, 0.25) is 5.91 Å². The molecule has 0 heterocycles. The Labute approximate surface area is 70.7 Å². The van der Waals surface area contributed by atoms with Gasteiger partial charge in [0.15, 0.2) is 0 Å². The number of carbonyl (C=O) groups excluding carboxylic acids is 1. The van der Waals surface area contributed by atoms with Crippen molar-refractivity contribution in [3.05, 3.63) is 0 Å². The highest BCUT2D eigenvalue weighted by Crippen LogP contribution is 2.28. The first-order valence-corrected chi connectivity index (χ1v) is 4.13. The lowest BCUT2D eigenvalue weighted by Gasteiger charge is -2.23. The van der Waals surface area contributed by atoms with Gasteiger partial charge in [0.25, 0.3) is 0 Å². The minimum absolute atomic E-state index is 0.0967. The molecule has 0 unspecified atom stereocenters.